The maximum absolute atomic E-state index is 4.48. The third kappa shape index (κ3) is 18.7. The summed E-state index contributed by atoms with van der Waals surface area (Å²) in [5, 5.41) is 8.88. The van der Waals surface area contributed by atoms with Crippen molar-refractivity contribution in [2.24, 2.45) is 0 Å². The van der Waals surface area contributed by atoms with E-state index in [-0.39, 0.29) is 59.3 Å². The summed E-state index contributed by atoms with van der Waals surface area (Å²) < 4.78 is 0. The first kappa shape index (κ1) is 24.3. The molecule has 14 heavy (non-hydrogen) atoms. The first-order chi connectivity index (χ1) is 4.81. The molecule has 0 saturated carbocycles. The van der Waals surface area contributed by atoms with Crippen molar-refractivity contribution in [1.82, 2.24) is 0 Å². The SMILES string of the molecule is CC(C)[N-]C(C)[N-]C(C)(C)C.[CH3-].[CH3-].[Y]. The minimum absolute atomic E-state index is 0. The summed E-state index contributed by atoms with van der Waals surface area (Å²) in [5.41, 5.74) is 0.0395. The van der Waals surface area contributed by atoms with Crippen LogP contribution in [0.1, 0.15) is 41.5 Å². The molecule has 0 aromatic rings. The van der Waals surface area contributed by atoms with Crippen molar-refractivity contribution in [1.29, 1.82) is 0 Å². The predicted octanol–water partition coefficient (Wildman–Crippen LogP) is 4.18. The van der Waals surface area contributed by atoms with E-state index < -0.39 is 0 Å². The van der Waals surface area contributed by atoms with Gasteiger partial charge in [-0.15, -0.1) is 18.5 Å². The number of hydrogen-bond donors (Lipinski definition) is 0. The van der Waals surface area contributed by atoms with E-state index in [2.05, 4.69) is 45.3 Å². The summed E-state index contributed by atoms with van der Waals surface area (Å²) in [5.74, 6) is 0. The first-order valence-corrected chi connectivity index (χ1v) is 4.23. The van der Waals surface area contributed by atoms with Crippen molar-refractivity contribution >= 4 is 0 Å². The molecule has 1 radical (unpaired) electrons. The van der Waals surface area contributed by atoms with E-state index in [0.717, 1.165) is 0 Å². The largest absolute Gasteiger partial charge is 0.676 e. The van der Waals surface area contributed by atoms with E-state index in [1.165, 1.54) is 0 Å². The number of rotatable bonds is 3. The summed E-state index contributed by atoms with van der Waals surface area (Å²) in [7, 11) is 0. The van der Waals surface area contributed by atoms with Gasteiger partial charge < -0.3 is 25.5 Å². The summed E-state index contributed by atoms with van der Waals surface area (Å²) >= 11 is 0. The molecule has 0 bridgehead atoms. The van der Waals surface area contributed by atoms with Crippen LogP contribution >= 0.6 is 0 Å². The molecule has 0 saturated heterocycles. The molecule has 0 amide bonds. The Hall–Kier alpha value is 1.02. The molecule has 0 fully saturated rings. The second-order valence-corrected chi connectivity index (χ2v) is 4.17. The van der Waals surface area contributed by atoms with Gasteiger partial charge in [-0.25, -0.2) is 6.17 Å². The van der Waals surface area contributed by atoms with E-state index >= 15 is 0 Å². The van der Waals surface area contributed by atoms with Crippen molar-refractivity contribution in [2.45, 2.75) is 59.3 Å². The van der Waals surface area contributed by atoms with Crippen LogP contribution in [0.3, 0.4) is 0 Å². The second kappa shape index (κ2) is 10.5. The topological polar surface area (TPSA) is 28.2 Å². The molecular weight excluding hydrogens is 249 g/mol. The molecule has 2 nitrogen and oxygen atoms in total. The molecule has 1 unspecified atom stereocenters. The molecule has 0 aromatic heterocycles. The fourth-order valence-electron chi connectivity index (χ4n) is 1.03. The zero-order chi connectivity index (χ0) is 9.07. The van der Waals surface area contributed by atoms with Crippen LogP contribution in [0.25, 0.3) is 10.6 Å². The van der Waals surface area contributed by atoms with E-state index in [4.69, 9.17) is 0 Å². The average Bonchev–Trinajstić information content (AvgIpc) is 1.53. The van der Waals surface area contributed by atoms with Gasteiger partial charge in [0.15, 0.2) is 0 Å². The Morgan fingerprint density at radius 2 is 1.29 bits per heavy atom. The van der Waals surface area contributed by atoms with Crippen LogP contribution in [0.5, 0.6) is 0 Å². The standard InChI is InChI=1S/C9H20N2.2CH3.Y/c1-7(2)10-8(3)11-9(4,5)6;;;/h7-8H,1-6H3;2*1H3;/q-2;2*-1;. The summed E-state index contributed by atoms with van der Waals surface area (Å²) in [6, 6.07) is 0.385. The van der Waals surface area contributed by atoms with Crippen LogP contribution in [-0.2, 0) is 32.7 Å². The molecule has 0 aromatic carbocycles. The van der Waals surface area contributed by atoms with Gasteiger partial charge in [-0.1, -0.05) is 34.6 Å². The Morgan fingerprint density at radius 3 is 1.50 bits per heavy atom. The molecule has 0 rings (SSSR count). The van der Waals surface area contributed by atoms with E-state index in [9.17, 15) is 0 Å². The first-order valence-electron chi connectivity index (χ1n) is 4.23. The van der Waals surface area contributed by atoms with Crippen LogP contribution in [0, 0.1) is 14.9 Å². The van der Waals surface area contributed by atoms with Crippen LogP contribution in [-0.4, -0.2) is 17.7 Å². The van der Waals surface area contributed by atoms with Gasteiger partial charge in [-0.05, 0) is 0 Å². The Morgan fingerprint density at radius 1 is 0.929 bits per heavy atom. The fraction of sp³-hybridized carbons (Fsp3) is 0.818. The van der Waals surface area contributed by atoms with Crippen molar-refractivity contribution in [2.75, 3.05) is 0 Å². The smallest absolute Gasteiger partial charge is 0 e. The molecule has 0 heterocycles. The molecule has 0 aliphatic rings. The Bertz CT molecular complexity index is 108. The molecule has 1 atom stereocenters. The van der Waals surface area contributed by atoms with E-state index in [1.807, 2.05) is 6.92 Å². The van der Waals surface area contributed by atoms with Crippen LogP contribution in [0.15, 0.2) is 0 Å². The third-order valence-corrected chi connectivity index (χ3v) is 1.09. The van der Waals surface area contributed by atoms with Gasteiger partial charge in [0.25, 0.3) is 0 Å². The Kier molecular flexibility index (Phi) is 18.3. The molecule has 0 aliphatic carbocycles. The molecule has 0 aliphatic heterocycles. The zero-order valence-electron chi connectivity index (χ0n) is 11.1. The maximum Gasteiger partial charge on any atom is 0 e. The van der Waals surface area contributed by atoms with Gasteiger partial charge in [0, 0.05) is 32.7 Å². The number of hydrogen-bond acceptors (Lipinski definition) is 0. The zero-order valence-corrected chi connectivity index (χ0v) is 14.0. The molecule has 0 N–H and O–H groups in total. The van der Waals surface area contributed by atoms with Crippen LogP contribution in [0.4, 0.5) is 0 Å². The second-order valence-electron chi connectivity index (χ2n) is 4.17. The molecule has 0 spiro atoms. The molecular formula is C11H26N2Y-4. The van der Waals surface area contributed by atoms with Crippen molar-refractivity contribution in [3.05, 3.63) is 25.5 Å². The quantitative estimate of drug-likeness (QED) is 0.691. The van der Waals surface area contributed by atoms with Crippen molar-refractivity contribution in [3.8, 4) is 0 Å². The number of nitrogens with zero attached hydrogens (tertiary/aromatic N) is 2. The predicted molar refractivity (Wildman–Crippen MR) is 63.9 cm³/mol. The van der Waals surface area contributed by atoms with Crippen molar-refractivity contribution in [3.63, 3.8) is 0 Å². The Balaban J connectivity index is -0.000000167. The normalized spacial score (nSPS) is 12.2. The molecule has 3 heteroatoms. The third-order valence-electron chi connectivity index (χ3n) is 1.09. The van der Waals surface area contributed by atoms with Gasteiger partial charge >= 0.3 is 0 Å². The maximum atomic E-state index is 4.48. The van der Waals surface area contributed by atoms with E-state index in [0.29, 0.717) is 6.04 Å². The summed E-state index contributed by atoms with van der Waals surface area (Å²) in [4.78, 5) is 0. The minimum Gasteiger partial charge on any atom is -0.676 e. The van der Waals surface area contributed by atoms with Crippen LogP contribution in [0.2, 0.25) is 0 Å². The van der Waals surface area contributed by atoms with Gasteiger partial charge in [0.1, 0.15) is 0 Å². The van der Waals surface area contributed by atoms with Crippen LogP contribution < -0.4 is 0 Å². The monoisotopic (exact) mass is 275 g/mol. The fourth-order valence-corrected chi connectivity index (χ4v) is 1.03. The van der Waals surface area contributed by atoms with Gasteiger partial charge in [0.05, 0.1) is 0 Å². The molecule has 87 valence electrons. The summed E-state index contributed by atoms with van der Waals surface area (Å²) in [6.07, 6.45) is 0.134. The average molecular weight is 275 g/mol. The summed E-state index contributed by atoms with van der Waals surface area (Å²) in [6.45, 7) is 12.5. The van der Waals surface area contributed by atoms with Crippen molar-refractivity contribution < 1.29 is 32.7 Å². The van der Waals surface area contributed by atoms with Gasteiger partial charge in [-0.2, -0.15) is 0 Å². The van der Waals surface area contributed by atoms with E-state index in [1.54, 1.807) is 0 Å². The van der Waals surface area contributed by atoms with Gasteiger partial charge in [0.2, 0.25) is 0 Å². The minimum atomic E-state index is 0. The van der Waals surface area contributed by atoms with Gasteiger partial charge in [-0.3, -0.25) is 0 Å². The Labute approximate surface area is 117 Å².